The molecule has 2 heterocycles. The van der Waals surface area contributed by atoms with E-state index in [9.17, 15) is 0 Å². The van der Waals surface area contributed by atoms with Crippen molar-refractivity contribution >= 4 is 0 Å². The second kappa shape index (κ2) is 5.31. The fourth-order valence-corrected chi connectivity index (χ4v) is 3.02. The molecule has 0 aromatic carbocycles. The van der Waals surface area contributed by atoms with Gasteiger partial charge in [0.1, 0.15) is 0 Å². The van der Waals surface area contributed by atoms with Crippen LogP contribution in [0.25, 0.3) is 0 Å². The van der Waals surface area contributed by atoms with Crippen LogP contribution in [-0.2, 0) is 0 Å². The molecule has 2 fully saturated rings. The van der Waals surface area contributed by atoms with E-state index >= 15 is 0 Å². The second-order valence-corrected chi connectivity index (χ2v) is 5.57. The van der Waals surface area contributed by atoms with E-state index < -0.39 is 0 Å². The third-order valence-electron chi connectivity index (χ3n) is 4.41. The van der Waals surface area contributed by atoms with E-state index in [-0.39, 0.29) is 0 Å². The minimum Gasteiger partial charge on any atom is -0.316 e. The van der Waals surface area contributed by atoms with Crippen molar-refractivity contribution in [1.29, 1.82) is 0 Å². The van der Waals surface area contributed by atoms with Gasteiger partial charge in [0.05, 0.1) is 0 Å². The van der Waals surface area contributed by atoms with Gasteiger partial charge in [-0.2, -0.15) is 0 Å². The van der Waals surface area contributed by atoms with Crippen LogP contribution >= 0.6 is 0 Å². The van der Waals surface area contributed by atoms with Crippen molar-refractivity contribution in [2.24, 2.45) is 11.8 Å². The normalized spacial score (nSPS) is 32.8. The topological polar surface area (TPSA) is 15.3 Å². The first-order valence-corrected chi connectivity index (χ1v) is 6.72. The molecule has 0 aromatic rings. The first-order chi connectivity index (χ1) is 7.27. The van der Waals surface area contributed by atoms with E-state index in [1.54, 1.807) is 0 Å². The third kappa shape index (κ3) is 2.94. The summed E-state index contributed by atoms with van der Waals surface area (Å²) in [5.74, 6) is 1.85. The van der Waals surface area contributed by atoms with Gasteiger partial charge in [-0.3, -0.25) is 0 Å². The summed E-state index contributed by atoms with van der Waals surface area (Å²) in [6.07, 6.45) is 5.62. The molecule has 0 radical (unpaired) electrons. The molecule has 2 atom stereocenters. The Morgan fingerprint density at radius 1 is 1.20 bits per heavy atom. The Bertz CT molecular complexity index is 179. The zero-order chi connectivity index (χ0) is 10.7. The van der Waals surface area contributed by atoms with E-state index in [1.165, 1.54) is 51.9 Å². The molecular formula is C13H26N2. The first kappa shape index (κ1) is 11.4. The highest BCUT2D eigenvalue weighted by molar-refractivity contribution is 4.82. The van der Waals surface area contributed by atoms with E-state index in [0.29, 0.717) is 0 Å². The Balaban J connectivity index is 1.81. The van der Waals surface area contributed by atoms with Gasteiger partial charge in [0.2, 0.25) is 0 Å². The molecule has 2 saturated heterocycles. The molecule has 2 nitrogen and oxygen atoms in total. The Kier molecular flexibility index (Phi) is 4.04. The predicted molar refractivity (Wildman–Crippen MR) is 65.0 cm³/mol. The lowest BCUT2D eigenvalue weighted by Gasteiger charge is -2.40. The van der Waals surface area contributed by atoms with E-state index in [4.69, 9.17) is 0 Å². The van der Waals surface area contributed by atoms with Crippen LogP contribution in [-0.4, -0.2) is 37.1 Å². The molecule has 88 valence electrons. The minimum absolute atomic E-state index is 0.797. The van der Waals surface area contributed by atoms with Gasteiger partial charge in [-0.15, -0.1) is 0 Å². The lowest BCUT2D eigenvalue weighted by molar-refractivity contribution is 0.0979. The molecule has 0 bridgehead atoms. The summed E-state index contributed by atoms with van der Waals surface area (Å²) in [5, 5.41) is 3.54. The summed E-state index contributed by atoms with van der Waals surface area (Å²) in [5.41, 5.74) is 0. The average molecular weight is 210 g/mol. The third-order valence-corrected chi connectivity index (χ3v) is 4.41. The summed E-state index contributed by atoms with van der Waals surface area (Å²) in [6.45, 7) is 9.98. The minimum atomic E-state index is 0.797. The largest absolute Gasteiger partial charge is 0.316 e. The Morgan fingerprint density at radius 2 is 1.93 bits per heavy atom. The van der Waals surface area contributed by atoms with Crippen molar-refractivity contribution in [2.45, 2.75) is 45.6 Å². The Morgan fingerprint density at radius 3 is 2.53 bits per heavy atom. The average Bonchev–Trinajstić information content (AvgIpc) is 2.30. The summed E-state index contributed by atoms with van der Waals surface area (Å²) in [6, 6.07) is 0.797. The lowest BCUT2D eigenvalue weighted by atomic mass is 9.89. The smallest absolute Gasteiger partial charge is 0.0107 e. The van der Waals surface area contributed by atoms with Gasteiger partial charge in [0.25, 0.3) is 0 Å². The molecule has 0 aliphatic carbocycles. The SMILES string of the molecule is CC1CCN(C(C)C2CCCNC2)CC1. The summed E-state index contributed by atoms with van der Waals surface area (Å²) >= 11 is 0. The highest BCUT2D eigenvalue weighted by atomic mass is 15.2. The van der Waals surface area contributed by atoms with Gasteiger partial charge in [-0.1, -0.05) is 6.92 Å². The summed E-state index contributed by atoms with van der Waals surface area (Å²) in [4.78, 5) is 2.72. The fraction of sp³-hybridized carbons (Fsp3) is 1.00. The van der Waals surface area contributed by atoms with Gasteiger partial charge < -0.3 is 10.2 Å². The molecule has 15 heavy (non-hydrogen) atoms. The molecule has 0 aromatic heterocycles. The Labute approximate surface area is 94.4 Å². The fourth-order valence-electron chi connectivity index (χ4n) is 3.02. The quantitative estimate of drug-likeness (QED) is 0.751. The van der Waals surface area contributed by atoms with Crippen molar-refractivity contribution in [3.63, 3.8) is 0 Å². The van der Waals surface area contributed by atoms with Crippen molar-refractivity contribution in [1.82, 2.24) is 10.2 Å². The van der Waals surface area contributed by atoms with Gasteiger partial charge in [-0.25, -0.2) is 0 Å². The van der Waals surface area contributed by atoms with Crippen LogP contribution in [0.5, 0.6) is 0 Å². The van der Waals surface area contributed by atoms with Gasteiger partial charge in [-0.05, 0) is 70.6 Å². The zero-order valence-electron chi connectivity index (χ0n) is 10.3. The number of piperidine rings is 2. The van der Waals surface area contributed by atoms with Crippen LogP contribution in [0.4, 0.5) is 0 Å². The highest BCUT2D eigenvalue weighted by Gasteiger charge is 2.27. The van der Waals surface area contributed by atoms with Crippen molar-refractivity contribution in [3.8, 4) is 0 Å². The van der Waals surface area contributed by atoms with E-state index in [1.807, 2.05) is 0 Å². The van der Waals surface area contributed by atoms with Crippen LogP contribution in [0.1, 0.15) is 39.5 Å². The standard InChI is InChI=1S/C13H26N2/c1-11-5-8-15(9-6-11)12(2)13-4-3-7-14-10-13/h11-14H,3-10H2,1-2H3. The van der Waals surface area contributed by atoms with Crippen molar-refractivity contribution in [2.75, 3.05) is 26.2 Å². The van der Waals surface area contributed by atoms with E-state index in [2.05, 4.69) is 24.1 Å². The molecule has 0 amide bonds. The molecule has 2 heteroatoms. The summed E-state index contributed by atoms with van der Waals surface area (Å²) in [7, 11) is 0. The van der Waals surface area contributed by atoms with Crippen LogP contribution < -0.4 is 5.32 Å². The van der Waals surface area contributed by atoms with Gasteiger partial charge >= 0.3 is 0 Å². The van der Waals surface area contributed by atoms with Gasteiger partial charge in [0.15, 0.2) is 0 Å². The van der Waals surface area contributed by atoms with Crippen LogP contribution in [0.2, 0.25) is 0 Å². The van der Waals surface area contributed by atoms with Gasteiger partial charge in [0, 0.05) is 6.04 Å². The predicted octanol–water partition coefficient (Wildman–Crippen LogP) is 2.11. The van der Waals surface area contributed by atoms with Crippen LogP contribution in [0.15, 0.2) is 0 Å². The first-order valence-electron chi connectivity index (χ1n) is 6.72. The molecule has 0 spiro atoms. The number of hydrogen-bond acceptors (Lipinski definition) is 2. The molecule has 1 N–H and O–H groups in total. The van der Waals surface area contributed by atoms with Crippen LogP contribution in [0, 0.1) is 11.8 Å². The maximum atomic E-state index is 3.54. The second-order valence-electron chi connectivity index (χ2n) is 5.57. The number of nitrogens with one attached hydrogen (secondary N) is 1. The van der Waals surface area contributed by atoms with Crippen molar-refractivity contribution in [3.05, 3.63) is 0 Å². The van der Waals surface area contributed by atoms with Crippen molar-refractivity contribution < 1.29 is 0 Å². The molecule has 2 aliphatic rings. The zero-order valence-corrected chi connectivity index (χ0v) is 10.3. The highest BCUT2D eigenvalue weighted by Crippen LogP contribution is 2.24. The molecular weight excluding hydrogens is 184 g/mol. The van der Waals surface area contributed by atoms with Crippen LogP contribution in [0.3, 0.4) is 0 Å². The van der Waals surface area contributed by atoms with E-state index in [0.717, 1.165) is 17.9 Å². The molecule has 0 saturated carbocycles. The monoisotopic (exact) mass is 210 g/mol. The molecule has 2 unspecified atom stereocenters. The lowest BCUT2D eigenvalue weighted by Crippen LogP contribution is -2.47. The number of nitrogens with zero attached hydrogens (tertiary/aromatic N) is 1. The number of rotatable bonds is 2. The number of hydrogen-bond donors (Lipinski definition) is 1. The maximum Gasteiger partial charge on any atom is 0.0107 e. The molecule has 2 aliphatic heterocycles. The summed E-state index contributed by atoms with van der Waals surface area (Å²) < 4.78 is 0. The maximum absolute atomic E-state index is 3.54. The Hall–Kier alpha value is -0.0800. The number of likely N-dealkylation sites (tertiary alicyclic amines) is 1. The molecule has 2 rings (SSSR count).